The molecule has 1 saturated carbocycles. The molecule has 0 aromatic carbocycles. The lowest BCUT2D eigenvalue weighted by Crippen LogP contribution is -2.18. The summed E-state index contributed by atoms with van der Waals surface area (Å²) in [6.07, 6.45) is 5.55. The number of nitrogens with zero attached hydrogens (tertiary/aromatic N) is 3. The Bertz CT molecular complexity index is 277. The zero-order chi connectivity index (χ0) is 9.80. The molecule has 0 aliphatic heterocycles. The van der Waals surface area contributed by atoms with Crippen molar-refractivity contribution >= 4 is 0 Å². The van der Waals surface area contributed by atoms with E-state index in [-0.39, 0.29) is 0 Å². The summed E-state index contributed by atoms with van der Waals surface area (Å²) in [5.74, 6) is 1.94. The van der Waals surface area contributed by atoms with Gasteiger partial charge in [0.15, 0.2) is 0 Å². The summed E-state index contributed by atoms with van der Waals surface area (Å²) < 4.78 is 2.04. The minimum absolute atomic E-state index is 0.848. The molecule has 2 rings (SSSR count). The first-order valence-electron chi connectivity index (χ1n) is 5.47. The van der Waals surface area contributed by atoms with Gasteiger partial charge in [-0.25, -0.2) is 9.67 Å². The monoisotopic (exact) mass is 194 g/mol. The molecule has 0 saturated heterocycles. The summed E-state index contributed by atoms with van der Waals surface area (Å²) in [7, 11) is 0. The Morgan fingerprint density at radius 3 is 3.14 bits per heavy atom. The number of rotatable bonds is 6. The van der Waals surface area contributed by atoms with Gasteiger partial charge in [-0.2, -0.15) is 5.10 Å². The standard InChI is InChI=1S/C10H18N4/c1-2-5-11-6-10-12-8-13-14(10)7-9-3-4-9/h8-9,11H,2-7H2,1H3. The van der Waals surface area contributed by atoms with Gasteiger partial charge in [0.1, 0.15) is 12.2 Å². The van der Waals surface area contributed by atoms with E-state index < -0.39 is 0 Å². The molecule has 4 nitrogen and oxygen atoms in total. The van der Waals surface area contributed by atoms with Crippen LogP contribution in [-0.4, -0.2) is 21.3 Å². The predicted molar refractivity (Wildman–Crippen MR) is 54.7 cm³/mol. The highest BCUT2D eigenvalue weighted by Gasteiger charge is 2.23. The van der Waals surface area contributed by atoms with Crippen LogP contribution in [0.5, 0.6) is 0 Å². The van der Waals surface area contributed by atoms with Crippen LogP contribution in [0.25, 0.3) is 0 Å². The number of nitrogens with one attached hydrogen (secondary N) is 1. The Morgan fingerprint density at radius 2 is 2.43 bits per heavy atom. The van der Waals surface area contributed by atoms with E-state index in [4.69, 9.17) is 0 Å². The first-order chi connectivity index (χ1) is 6.90. The number of aromatic nitrogens is 3. The van der Waals surface area contributed by atoms with Crippen LogP contribution in [0.1, 0.15) is 32.0 Å². The lowest BCUT2D eigenvalue weighted by atomic mass is 10.4. The van der Waals surface area contributed by atoms with Crippen molar-refractivity contribution < 1.29 is 0 Å². The first-order valence-corrected chi connectivity index (χ1v) is 5.47. The SMILES string of the molecule is CCCNCc1ncnn1CC1CC1. The summed E-state index contributed by atoms with van der Waals surface area (Å²) in [6, 6.07) is 0. The van der Waals surface area contributed by atoms with Crippen LogP contribution in [0.4, 0.5) is 0 Å². The molecule has 0 atom stereocenters. The average Bonchev–Trinajstić information content (AvgIpc) is 2.88. The maximum Gasteiger partial charge on any atom is 0.140 e. The maximum absolute atomic E-state index is 4.26. The fourth-order valence-electron chi connectivity index (χ4n) is 1.50. The smallest absolute Gasteiger partial charge is 0.140 e. The molecule has 1 N–H and O–H groups in total. The lowest BCUT2D eigenvalue weighted by molar-refractivity contribution is 0.516. The van der Waals surface area contributed by atoms with Gasteiger partial charge in [-0.1, -0.05) is 6.92 Å². The summed E-state index contributed by atoms with van der Waals surface area (Å²) in [4.78, 5) is 4.26. The van der Waals surface area contributed by atoms with E-state index in [0.717, 1.165) is 37.8 Å². The van der Waals surface area contributed by atoms with Gasteiger partial charge < -0.3 is 5.32 Å². The summed E-state index contributed by atoms with van der Waals surface area (Å²) in [5, 5.41) is 7.59. The number of hydrogen-bond acceptors (Lipinski definition) is 3. The summed E-state index contributed by atoms with van der Waals surface area (Å²) >= 11 is 0. The fraction of sp³-hybridized carbons (Fsp3) is 0.800. The Morgan fingerprint density at radius 1 is 1.57 bits per heavy atom. The van der Waals surface area contributed by atoms with Crippen LogP contribution in [0, 0.1) is 5.92 Å². The Labute approximate surface area is 84.7 Å². The van der Waals surface area contributed by atoms with Gasteiger partial charge in [-0.15, -0.1) is 0 Å². The predicted octanol–water partition coefficient (Wildman–Crippen LogP) is 1.19. The van der Waals surface area contributed by atoms with Crippen LogP contribution in [0.3, 0.4) is 0 Å². The highest BCUT2D eigenvalue weighted by Crippen LogP contribution is 2.30. The minimum Gasteiger partial charge on any atom is -0.310 e. The zero-order valence-electron chi connectivity index (χ0n) is 8.74. The van der Waals surface area contributed by atoms with Gasteiger partial charge in [-0.3, -0.25) is 0 Å². The van der Waals surface area contributed by atoms with Crippen molar-refractivity contribution in [1.82, 2.24) is 20.1 Å². The van der Waals surface area contributed by atoms with Crippen molar-refractivity contribution in [3.05, 3.63) is 12.2 Å². The molecule has 78 valence electrons. The van der Waals surface area contributed by atoms with Crippen molar-refractivity contribution in [3.8, 4) is 0 Å². The average molecular weight is 194 g/mol. The molecule has 0 amide bonds. The molecule has 1 aliphatic rings. The van der Waals surface area contributed by atoms with Crippen molar-refractivity contribution in [2.75, 3.05) is 6.54 Å². The molecule has 1 fully saturated rings. The van der Waals surface area contributed by atoms with Gasteiger partial charge in [-0.05, 0) is 31.7 Å². The van der Waals surface area contributed by atoms with E-state index >= 15 is 0 Å². The lowest BCUT2D eigenvalue weighted by Gasteiger charge is -2.05. The van der Waals surface area contributed by atoms with E-state index in [9.17, 15) is 0 Å². The van der Waals surface area contributed by atoms with Crippen LogP contribution in [-0.2, 0) is 13.1 Å². The van der Waals surface area contributed by atoms with Crippen molar-refractivity contribution in [3.63, 3.8) is 0 Å². The molecule has 0 radical (unpaired) electrons. The molecular weight excluding hydrogens is 176 g/mol. The van der Waals surface area contributed by atoms with E-state index in [2.05, 4.69) is 22.3 Å². The molecule has 1 aromatic rings. The largest absolute Gasteiger partial charge is 0.310 e. The molecule has 14 heavy (non-hydrogen) atoms. The van der Waals surface area contributed by atoms with Gasteiger partial charge >= 0.3 is 0 Å². The van der Waals surface area contributed by atoms with Gasteiger partial charge in [0.25, 0.3) is 0 Å². The minimum atomic E-state index is 0.848. The second-order valence-corrected chi connectivity index (χ2v) is 3.98. The van der Waals surface area contributed by atoms with E-state index in [1.54, 1.807) is 6.33 Å². The van der Waals surface area contributed by atoms with Crippen molar-refractivity contribution in [1.29, 1.82) is 0 Å². The maximum atomic E-state index is 4.26. The van der Waals surface area contributed by atoms with Crippen molar-refractivity contribution in [2.45, 2.75) is 39.3 Å². The van der Waals surface area contributed by atoms with Crippen LogP contribution in [0.2, 0.25) is 0 Å². The van der Waals surface area contributed by atoms with Gasteiger partial charge in [0, 0.05) is 6.54 Å². The van der Waals surface area contributed by atoms with Crippen LogP contribution >= 0.6 is 0 Å². The van der Waals surface area contributed by atoms with E-state index in [0.29, 0.717) is 0 Å². The molecule has 0 bridgehead atoms. The Balaban J connectivity index is 1.84. The van der Waals surface area contributed by atoms with Gasteiger partial charge in [0.2, 0.25) is 0 Å². The zero-order valence-corrected chi connectivity index (χ0v) is 8.74. The van der Waals surface area contributed by atoms with E-state index in [1.165, 1.54) is 12.8 Å². The highest BCUT2D eigenvalue weighted by atomic mass is 15.3. The first kappa shape index (κ1) is 9.65. The third-order valence-corrected chi connectivity index (χ3v) is 2.53. The fourth-order valence-corrected chi connectivity index (χ4v) is 1.50. The Kier molecular flexibility index (Phi) is 3.14. The summed E-state index contributed by atoms with van der Waals surface area (Å²) in [5.41, 5.74) is 0. The van der Waals surface area contributed by atoms with Crippen molar-refractivity contribution in [2.24, 2.45) is 5.92 Å². The second-order valence-electron chi connectivity index (χ2n) is 3.98. The third-order valence-electron chi connectivity index (χ3n) is 2.53. The van der Waals surface area contributed by atoms with Crippen LogP contribution in [0.15, 0.2) is 6.33 Å². The molecule has 1 heterocycles. The third kappa shape index (κ3) is 2.54. The topological polar surface area (TPSA) is 42.7 Å². The molecule has 0 spiro atoms. The normalized spacial score (nSPS) is 16.1. The molecule has 1 aliphatic carbocycles. The molecule has 4 heteroatoms. The van der Waals surface area contributed by atoms with E-state index in [1.807, 2.05) is 4.68 Å². The molecular formula is C10H18N4. The second kappa shape index (κ2) is 4.55. The summed E-state index contributed by atoms with van der Waals surface area (Å²) in [6.45, 7) is 5.13. The van der Waals surface area contributed by atoms with Crippen LogP contribution < -0.4 is 5.32 Å². The molecule has 1 aromatic heterocycles. The number of hydrogen-bond donors (Lipinski definition) is 1. The van der Waals surface area contributed by atoms with Gasteiger partial charge in [0.05, 0.1) is 6.54 Å². The Hall–Kier alpha value is -0.900. The molecule has 0 unspecified atom stereocenters. The highest BCUT2D eigenvalue weighted by molar-refractivity contribution is 4.86. The quantitative estimate of drug-likeness (QED) is 0.692.